The number of nitrogens with zero attached hydrogens (tertiary/aromatic N) is 1. The van der Waals surface area contributed by atoms with Crippen molar-refractivity contribution in [2.45, 2.75) is 43.4 Å². The minimum Gasteiger partial charge on any atom is -0.358 e. The van der Waals surface area contributed by atoms with Crippen molar-refractivity contribution >= 4 is 20.9 Å². The van der Waals surface area contributed by atoms with Gasteiger partial charge in [-0.05, 0) is 62.3 Å². The average molecular weight is 304 g/mol. The first-order valence-electron chi connectivity index (χ1n) is 7.80. The van der Waals surface area contributed by atoms with E-state index in [-0.39, 0.29) is 0 Å². The van der Waals surface area contributed by atoms with Crippen LogP contribution in [0.2, 0.25) is 0 Å². The third-order valence-corrected chi connectivity index (χ3v) is 6.67. The molecule has 2 heterocycles. The summed E-state index contributed by atoms with van der Waals surface area (Å²) in [5.74, 6) is 0. The van der Waals surface area contributed by atoms with E-state index in [4.69, 9.17) is 0 Å². The number of aryl methyl sites for hydroxylation is 2. The fourth-order valence-electron chi connectivity index (χ4n) is 3.62. The zero-order valence-corrected chi connectivity index (χ0v) is 12.9. The molecule has 5 heteroatoms. The van der Waals surface area contributed by atoms with Gasteiger partial charge in [-0.25, -0.2) is 8.42 Å². The van der Waals surface area contributed by atoms with Crippen molar-refractivity contribution in [3.63, 3.8) is 0 Å². The van der Waals surface area contributed by atoms with E-state index in [1.807, 2.05) is 12.1 Å². The lowest BCUT2D eigenvalue weighted by Crippen LogP contribution is -2.27. The Bertz CT molecular complexity index is 786. The smallest absolute Gasteiger partial charge is 0.243 e. The number of aromatic amines is 1. The number of nitrogens with one attached hydrogen (secondary N) is 1. The van der Waals surface area contributed by atoms with E-state index in [2.05, 4.69) is 4.98 Å². The molecule has 1 aliphatic heterocycles. The molecule has 21 heavy (non-hydrogen) atoms. The molecule has 0 spiro atoms. The van der Waals surface area contributed by atoms with Crippen LogP contribution in [0.3, 0.4) is 0 Å². The standard InChI is InChI=1S/C16H20N2O2S/c19-21(20,18-9-3-4-10-18)12-7-8-16-14(11-12)13-5-1-2-6-15(13)17-16/h7-8,11,17H,1-6,9-10H2. The predicted octanol–water partition coefficient (Wildman–Crippen LogP) is 2.83. The lowest BCUT2D eigenvalue weighted by molar-refractivity contribution is 0.477. The monoisotopic (exact) mass is 304 g/mol. The molecular weight excluding hydrogens is 284 g/mol. The molecular formula is C16H20N2O2S. The van der Waals surface area contributed by atoms with Gasteiger partial charge in [0.1, 0.15) is 0 Å². The molecule has 2 aromatic rings. The Kier molecular flexibility index (Phi) is 3.08. The Morgan fingerprint density at radius 2 is 1.76 bits per heavy atom. The molecule has 0 radical (unpaired) electrons. The van der Waals surface area contributed by atoms with E-state index >= 15 is 0 Å². The minimum atomic E-state index is -3.32. The molecule has 0 unspecified atom stereocenters. The molecule has 1 aromatic carbocycles. The Morgan fingerprint density at radius 3 is 2.57 bits per heavy atom. The Balaban J connectivity index is 1.83. The van der Waals surface area contributed by atoms with Gasteiger partial charge in [-0.3, -0.25) is 0 Å². The highest BCUT2D eigenvalue weighted by molar-refractivity contribution is 7.89. The van der Waals surface area contributed by atoms with Crippen LogP contribution in [0.15, 0.2) is 23.1 Å². The molecule has 1 N–H and O–H groups in total. The first-order valence-corrected chi connectivity index (χ1v) is 9.24. The Hall–Kier alpha value is -1.33. The van der Waals surface area contributed by atoms with Crippen molar-refractivity contribution in [2.75, 3.05) is 13.1 Å². The number of H-pyrrole nitrogens is 1. The summed E-state index contributed by atoms with van der Waals surface area (Å²) in [6.07, 6.45) is 6.50. The van der Waals surface area contributed by atoms with E-state index in [1.165, 1.54) is 24.1 Å². The van der Waals surface area contributed by atoms with Gasteiger partial charge < -0.3 is 4.98 Å². The van der Waals surface area contributed by atoms with Crippen LogP contribution in [0.1, 0.15) is 36.9 Å². The maximum absolute atomic E-state index is 12.7. The van der Waals surface area contributed by atoms with Crippen molar-refractivity contribution in [2.24, 2.45) is 0 Å². The molecule has 0 atom stereocenters. The quantitative estimate of drug-likeness (QED) is 0.927. The molecule has 0 saturated carbocycles. The number of rotatable bonds is 2. The fraction of sp³-hybridized carbons (Fsp3) is 0.500. The SMILES string of the molecule is O=S(=O)(c1ccc2[nH]c3c(c2c1)CCCC3)N1CCCC1. The van der Waals surface area contributed by atoms with Gasteiger partial charge in [-0.2, -0.15) is 4.31 Å². The zero-order valence-electron chi connectivity index (χ0n) is 12.1. The van der Waals surface area contributed by atoms with Gasteiger partial charge in [0.2, 0.25) is 10.0 Å². The number of fused-ring (bicyclic) bond motifs is 3. The number of sulfonamides is 1. The van der Waals surface area contributed by atoms with Gasteiger partial charge >= 0.3 is 0 Å². The van der Waals surface area contributed by atoms with Crippen LogP contribution >= 0.6 is 0 Å². The normalized spacial score (nSPS) is 20.0. The molecule has 4 nitrogen and oxygen atoms in total. The van der Waals surface area contributed by atoms with Gasteiger partial charge in [0, 0.05) is 29.7 Å². The summed E-state index contributed by atoms with van der Waals surface area (Å²) < 4.78 is 27.0. The topological polar surface area (TPSA) is 53.2 Å². The molecule has 0 bridgehead atoms. The van der Waals surface area contributed by atoms with E-state index in [0.29, 0.717) is 18.0 Å². The predicted molar refractivity (Wildman–Crippen MR) is 82.9 cm³/mol. The van der Waals surface area contributed by atoms with Gasteiger partial charge in [0.25, 0.3) is 0 Å². The second kappa shape index (κ2) is 4.85. The van der Waals surface area contributed by atoms with Crippen LogP contribution in [0.4, 0.5) is 0 Å². The van der Waals surface area contributed by atoms with Crippen molar-refractivity contribution in [3.05, 3.63) is 29.5 Å². The van der Waals surface area contributed by atoms with Crippen LogP contribution in [0.25, 0.3) is 10.9 Å². The van der Waals surface area contributed by atoms with E-state index in [9.17, 15) is 8.42 Å². The highest BCUT2D eigenvalue weighted by Crippen LogP contribution is 2.31. The summed E-state index contributed by atoms with van der Waals surface area (Å²) in [6.45, 7) is 1.32. The first kappa shape index (κ1) is 13.3. The summed E-state index contributed by atoms with van der Waals surface area (Å²) in [4.78, 5) is 3.90. The second-order valence-electron chi connectivity index (χ2n) is 6.11. The first-order chi connectivity index (χ1) is 10.2. The highest BCUT2D eigenvalue weighted by Gasteiger charge is 2.28. The van der Waals surface area contributed by atoms with Gasteiger partial charge in [0.15, 0.2) is 0 Å². The summed E-state index contributed by atoms with van der Waals surface area (Å²) in [5, 5.41) is 1.10. The van der Waals surface area contributed by atoms with Crippen LogP contribution in [0, 0.1) is 0 Å². The van der Waals surface area contributed by atoms with Crippen molar-refractivity contribution in [3.8, 4) is 0 Å². The Morgan fingerprint density at radius 1 is 1.00 bits per heavy atom. The third-order valence-electron chi connectivity index (χ3n) is 4.77. The zero-order chi connectivity index (χ0) is 14.4. The maximum atomic E-state index is 12.7. The Labute approximate surface area is 125 Å². The molecule has 112 valence electrons. The molecule has 0 amide bonds. The lowest BCUT2D eigenvalue weighted by Gasteiger charge is -2.15. The third kappa shape index (κ3) is 2.10. The van der Waals surface area contributed by atoms with Crippen LogP contribution in [-0.4, -0.2) is 30.8 Å². The molecule has 1 aliphatic carbocycles. The van der Waals surface area contributed by atoms with Crippen LogP contribution in [0.5, 0.6) is 0 Å². The summed E-state index contributed by atoms with van der Waals surface area (Å²) in [5.41, 5.74) is 3.70. The maximum Gasteiger partial charge on any atom is 0.243 e. The highest BCUT2D eigenvalue weighted by atomic mass is 32.2. The second-order valence-corrected chi connectivity index (χ2v) is 8.05. The molecule has 1 aromatic heterocycles. The number of aromatic nitrogens is 1. The van der Waals surface area contributed by atoms with Crippen molar-refractivity contribution < 1.29 is 8.42 Å². The fourth-order valence-corrected chi connectivity index (χ4v) is 5.17. The summed E-state index contributed by atoms with van der Waals surface area (Å²) in [6, 6.07) is 5.55. The van der Waals surface area contributed by atoms with E-state index in [1.54, 1.807) is 10.4 Å². The lowest BCUT2D eigenvalue weighted by atomic mass is 9.96. The average Bonchev–Trinajstić information content (AvgIpc) is 3.14. The number of benzene rings is 1. The van der Waals surface area contributed by atoms with Gasteiger partial charge in [-0.1, -0.05) is 0 Å². The minimum absolute atomic E-state index is 0.448. The summed E-state index contributed by atoms with van der Waals surface area (Å²) >= 11 is 0. The van der Waals surface area contributed by atoms with Crippen LogP contribution < -0.4 is 0 Å². The van der Waals surface area contributed by atoms with E-state index < -0.39 is 10.0 Å². The number of hydrogen-bond donors (Lipinski definition) is 1. The van der Waals surface area contributed by atoms with Crippen molar-refractivity contribution in [1.82, 2.24) is 9.29 Å². The largest absolute Gasteiger partial charge is 0.358 e. The van der Waals surface area contributed by atoms with E-state index in [0.717, 1.165) is 36.6 Å². The summed E-state index contributed by atoms with van der Waals surface area (Å²) in [7, 11) is -3.32. The van der Waals surface area contributed by atoms with Crippen LogP contribution in [-0.2, 0) is 22.9 Å². The molecule has 4 rings (SSSR count). The molecule has 1 fully saturated rings. The van der Waals surface area contributed by atoms with Crippen molar-refractivity contribution in [1.29, 1.82) is 0 Å². The molecule has 1 saturated heterocycles. The molecule has 2 aliphatic rings. The number of hydrogen-bond acceptors (Lipinski definition) is 2. The van der Waals surface area contributed by atoms with Gasteiger partial charge in [0.05, 0.1) is 4.90 Å². The van der Waals surface area contributed by atoms with Gasteiger partial charge in [-0.15, -0.1) is 0 Å².